The van der Waals surface area contributed by atoms with E-state index in [0.29, 0.717) is 11.2 Å². The van der Waals surface area contributed by atoms with Crippen LogP contribution in [0.15, 0.2) is 0 Å². The number of carbonyl (C=O) groups excluding carboxylic acids is 1. The largest absolute Gasteiger partial charge is 0.319 e. The molecule has 1 N–H and O–H groups in total. The van der Waals surface area contributed by atoms with E-state index >= 15 is 0 Å². The van der Waals surface area contributed by atoms with Crippen LogP contribution in [0.3, 0.4) is 0 Å². The molecule has 1 aliphatic carbocycles. The maximum Gasteiger partial charge on any atom is 0.133 e. The first kappa shape index (κ1) is 11.7. The normalized spacial score (nSPS) is 35.9. The van der Waals surface area contributed by atoms with Gasteiger partial charge in [-0.2, -0.15) is 0 Å². The average molecular weight is 197 g/mol. The van der Waals surface area contributed by atoms with Gasteiger partial charge in [0.15, 0.2) is 0 Å². The van der Waals surface area contributed by atoms with E-state index in [1.54, 1.807) is 6.92 Å². The zero-order valence-electron chi connectivity index (χ0n) is 10.1. The Balaban J connectivity index is 2.80. The van der Waals surface area contributed by atoms with Gasteiger partial charge in [0.1, 0.15) is 5.78 Å². The predicted molar refractivity (Wildman–Crippen MR) is 59.2 cm³/mol. The van der Waals surface area contributed by atoms with Crippen LogP contribution in [0.25, 0.3) is 0 Å². The lowest BCUT2D eigenvalue weighted by molar-refractivity contribution is -0.123. The third-order valence-electron chi connectivity index (χ3n) is 3.62. The fourth-order valence-electron chi connectivity index (χ4n) is 3.32. The molecule has 82 valence electrons. The lowest BCUT2D eigenvalue weighted by atomic mass is 9.79. The van der Waals surface area contributed by atoms with Crippen molar-refractivity contribution in [2.24, 2.45) is 16.7 Å². The van der Waals surface area contributed by atoms with E-state index in [-0.39, 0.29) is 11.3 Å². The SMILES string of the molecule is CNCC1(C)CC(C(C)=O)C(C)(C)C1. The van der Waals surface area contributed by atoms with E-state index in [0.717, 1.165) is 19.4 Å². The second-order valence-corrected chi connectivity index (χ2v) is 5.87. The summed E-state index contributed by atoms with van der Waals surface area (Å²) in [5, 5.41) is 3.24. The highest BCUT2D eigenvalue weighted by Crippen LogP contribution is 2.52. The van der Waals surface area contributed by atoms with Gasteiger partial charge >= 0.3 is 0 Å². The molecule has 0 amide bonds. The second kappa shape index (κ2) is 3.65. The third kappa shape index (κ3) is 2.17. The third-order valence-corrected chi connectivity index (χ3v) is 3.62. The summed E-state index contributed by atoms with van der Waals surface area (Å²) in [5.41, 5.74) is 0.478. The molecular formula is C12H23NO. The van der Waals surface area contributed by atoms with Gasteiger partial charge in [0.25, 0.3) is 0 Å². The van der Waals surface area contributed by atoms with Crippen molar-refractivity contribution in [2.75, 3.05) is 13.6 Å². The lowest BCUT2D eigenvalue weighted by Gasteiger charge is -2.26. The molecule has 14 heavy (non-hydrogen) atoms. The van der Waals surface area contributed by atoms with Crippen molar-refractivity contribution in [3.8, 4) is 0 Å². The van der Waals surface area contributed by atoms with Crippen LogP contribution < -0.4 is 5.32 Å². The first-order valence-electron chi connectivity index (χ1n) is 5.46. The van der Waals surface area contributed by atoms with Gasteiger partial charge < -0.3 is 5.32 Å². The summed E-state index contributed by atoms with van der Waals surface area (Å²) in [6.45, 7) is 9.48. The molecular weight excluding hydrogens is 174 g/mol. The van der Waals surface area contributed by atoms with E-state index in [1.807, 2.05) is 7.05 Å². The molecule has 2 atom stereocenters. The van der Waals surface area contributed by atoms with E-state index < -0.39 is 0 Å². The Hall–Kier alpha value is -0.370. The van der Waals surface area contributed by atoms with Crippen molar-refractivity contribution in [2.45, 2.75) is 40.5 Å². The number of hydrogen-bond donors (Lipinski definition) is 1. The zero-order valence-corrected chi connectivity index (χ0v) is 10.1. The van der Waals surface area contributed by atoms with Crippen molar-refractivity contribution in [3.63, 3.8) is 0 Å². The second-order valence-electron chi connectivity index (χ2n) is 5.87. The van der Waals surface area contributed by atoms with Gasteiger partial charge in [0.2, 0.25) is 0 Å². The van der Waals surface area contributed by atoms with Crippen molar-refractivity contribution in [1.82, 2.24) is 5.32 Å². The quantitative estimate of drug-likeness (QED) is 0.751. The number of nitrogens with one attached hydrogen (secondary N) is 1. The molecule has 0 aliphatic heterocycles. The van der Waals surface area contributed by atoms with Crippen LogP contribution in [0, 0.1) is 16.7 Å². The van der Waals surface area contributed by atoms with Crippen LogP contribution in [0.2, 0.25) is 0 Å². The molecule has 2 heteroatoms. The molecule has 2 nitrogen and oxygen atoms in total. The standard InChI is InChI=1S/C12H23NO/c1-9(14)10-6-12(4,8-13-5)7-11(10,2)3/h10,13H,6-8H2,1-5H3. The van der Waals surface area contributed by atoms with Crippen LogP contribution in [-0.2, 0) is 4.79 Å². The van der Waals surface area contributed by atoms with Crippen molar-refractivity contribution >= 4 is 5.78 Å². The molecule has 1 rings (SSSR count). The number of rotatable bonds is 3. The fraction of sp³-hybridized carbons (Fsp3) is 0.917. The van der Waals surface area contributed by atoms with Gasteiger partial charge in [-0.25, -0.2) is 0 Å². The first-order chi connectivity index (χ1) is 6.31. The van der Waals surface area contributed by atoms with Crippen LogP contribution >= 0.6 is 0 Å². The van der Waals surface area contributed by atoms with Gasteiger partial charge in [-0.1, -0.05) is 20.8 Å². The first-order valence-corrected chi connectivity index (χ1v) is 5.46. The topological polar surface area (TPSA) is 29.1 Å². The van der Waals surface area contributed by atoms with Crippen molar-refractivity contribution < 1.29 is 4.79 Å². The van der Waals surface area contributed by atoms with E-state index in [1.165, 1.54) is 0 Å². The van der Waals surface area contributed by atoms with Crippen LogP contribution in [-0.4, -0.2) is 19.4 Å². The molecule has 0 spiro atoms. The number of Topliss-reactive ketones (excluding diaryl/α,β-unsaturated/α-hetero) is 1. The summed E-state index contributed by atoms with van der Waals surface area (Å²) in [7, 11) is 1.99. The minimum atomic E-state index is 0.178. The van der Waals surface area contributed by atoms with Gasteiger partial charge in [0.05, 0.1) is 0 Å². The molecule has 1 fully saturated rings. The van der Waals surface area contributed by atoms with Gasteiger partial charge in [-0.05, 0) is 37.6 Å². The zero-order chi connectivity index (χ0) is 11.0. The number of ketones is 1. The summed E-state index contributed by atoms with van der Waals surface area (Å²) >= 11 is 0. The predicted octanol–water partition coefficient (Wildman–Crippen LogP) is 2.24. The van der Waals surface area contributed by atoms with Crippen LogP contribution in [0.4, 0.5) is 0 Å². The van der Waals surface area contributed by atoms with Crippen LogP contribution in [0.5, 0.6) is 0 Å². The minimum absolute atomic E-state index is 0.178. The molecule has 0 heterocycles. The Labute approximate surface area is 87.5 Å². The van der Waals surface area contributed by atoms with E-state index in [4.69, 9.17) is 0 Å². The summed E-state index contributed by atoms with van der Waals surface area (Å²) in [6.07, 6.45) is 2.18. The molecule has 0 aromatic heterocycles. The Morgan fingerprint density at radius 1 is 1.43 bits per heavy atom. The number of carbonyl (C=O) groups is 1. The monoisotopic (exact) mass is 197 g/mol. The average Bonchev–Trinajstić information content (AvgIpc) is 2.21. The lowest BCUT2D eigenvalue weighted by Crippen LogP contribution is -2.27. The van der Waals surface area contributed by atoms with E-state index in [9.17, 15) is 4.79 Å². The van der Waals surface area contributed by atoms with Crippen molar-refractivity contribution in [1.29, 1.82) is 0 Å². The molecule has 1 aliphatic rings. The Morgan fingerprint density at radius 3 is 2.36 bits per heavy atom. The van der Waals surface area contributed by atoms with Crippen molar-refractivity contribution in [3.05, 3.63) is 0 Å². The molecule has 0 radical (unpaired) electrons. The molecule has 0 bridgehead atoms. The Bertz CT molecular complexity index is 234. The maximum absolute atomic E-state index is 11.5. The number of hydrogen-bond acceptors (Lipinski definition) is 2. The van der Waals surface area contributed by atoms with Gasteiger partial charge in [-0.3, -0.25) is 4.79 Å². The van der Waals surface area contributed by atoms with E-state index in [2.05, 4.69) is 26.1 Å². The minimum Gasteiger partial charge on any atom is -0.319 e. The highest BCUT2D eigenvalue weighted by Gasteiger charge is 2.48. The van der Waals surface area contributed by atoms with Crippen LogP contribution in [0.1, 0.15) is 40.5 Å². The maximum atomic E-state index is 11.5. The smallest absolute Gasteiger partial charge is 0.133 e. The fourth-order valence-corrected chi connectivity index (χ4v) is 3.32. The summed E-state index contributed by atoms with van der Waals surface area (Å²) in [4.78, 5) is 11.5. The summed E-state index contributed by atoms with van der Waals surface area (Å²) in [5.74, 6) is 0.607. The molecule has 2 unspecified atom stereocenters. The Kier molecular flexibility index (Phi) is 3.05. The molecule has 0 aromatic rings. The molecule has 0 aromatic carbocycles. The van der Waals surface area contributed by atoms with Gasteiger partial charge in [0, 0.05) is 12.5 Å². The Morgan fingerprint density at radius 2 is 2.00 bits per heavy atom. The molecule has 0 saturated heterocycles. The molecule has 1 saturated carbocycles. The highest BCUT2D eigenvalue weighted by atomic mass is 16.1. The highest BCUT2D eigenvalue weighted by molar-refractivity contribution is 5.79. The summed E-state index contributed by atoms with van der Waals surface area (Å²) in [6, 6.07) is 0. The summed E-state index contributed by atoms with van der Waals surface area (Å²) < 4.78 is 0. The van der Waals surface area contributed by atoms with Gasteiger partial charge in [-0.15, -0.1) is 0 Å².